The van der Waals surface area contributed by atoms with Gasteiger partial charge in [0.05, 0.1) is 30.9 Å². The van der Waals surface area contributed by atoms with Crippen LogP contribution in [-0.4, -0.2) is 29.9 Å². The topological polar surface area (TPSA) is 95.9 Å². The number of rotatable bonds is 6. The van der Waals surface area contributed by atoms with Gasteiger partial charge in [0.25, 0.3) is 0 Å². The third-order valence-electron chi connectivity index (χ3n) is 7.06. The van der Waals surface area contributed by atoms with E-state index in [-0.39, 0.29) is 36.8 Å². The number of benzene rings is 3. The molecule has 0 bridgehead atoms. The van der Waals surface area contributed by atoms with Gasteiger partial charge in [-0.3, -0.25) is 19.3 Å². The summed E-state index contributed by atoms with van der Waals surface area (Å²) in [5, 5.41) is 12.7. The Morgan fingerprint density at radius 2 is 1.76 bits per heavy atom. The number of nitrogens with zero attached hydrogens (tertiary/aromatic N) is 1. The number of carbonyl (C=O) groups excluding carboxylic acids is 2. The van der Waals surface area contributed by atoms with Gasteiger partial charge in [0.15, 0.2) is 5.78 Å². The molecule has 8 heteroatoms. The van der Waals surface area contributed by atoms with Gasteiger partial charge in [-0.05, 0) is 59.9 Å². The molecule has 3 aromatic carbocycles. The summed E-state index contributed by atoms with van der Waals surface area (Å²) < 4.78 is 19.0. The van der Waals surface area contributed by atoms with Crippen LogP contribution in [0, 0.1) is 5.82 Å². The lowest BCUT2D eigenvalue weighted by atomic mass is 9.78. The normalized spacial score (nSPS) is 18.7. The fourth-order valence-electron chi connectivity index (χ4n) is 5.30. The van der Waals surface area contributed by atoms with Crippen molar-refractivity contribution in [1.29, 1.82) is 0 Å². The van der Waals surface area contributed by atoms with E-state index in [0.717, 1.165) is 5.56 Å². The van der Waals surface area contributed by atoms with E-state index in [2.05, 4.69) is 5.32 Å². The summed E-state index contributed by atoms with van der Waals surface area (Å²) in [6.07, 6.45) is 0.125. The molecule has 1 heterocycles. The Hall–Kier alpha value is -4.46. The second-order valence-electron chi connectivity index (χ2n) is 9.45. The number of carboxylic acids is 1. The second-order valence-corrected chi connectivity index (χ2v) is 9.45. The number of ether oxygens (including phenoxy) is 1. The predicted octanol–water partition coefficient (Wildman–Crippen LogP) is 5.60. The molecular formula is C30H27FN2O5. The molecule has 1 aliphatic heterocycles. The predicted molar refractivity (Wildman–Crippen MR) is 141 cm³/mol. The summed E-state index contributed by atoms with van der Waals surface area (Å²) >= 11 is 0. The lowest BCUT2D eigenvalue weighted by Gasteiger charge is -2.35. The molecule has 0 aromatic heterocycles. The van der Waals surface area contributed by atoms with Gasteiger partial charge in [-0.15, -0.1) is 0 Å². The minimum Gasteiger partial charge on any atom is -0.497 e. The average Bonchev–Trinajstić information content (AvgIpc) is 3.07. The number of fused-ring (bicyclic) bond motifs is 1. The highest BCUT2D eigenvalue weighted by molar-refractivity contribution is 6.06. The molecule has 2 N–H and O–H groups in total. The molecule has 2 atom stereocenters. The SMILES string of the molecule is COc1cccc([C@H]2C3=C(C[C@H](c4ccc(F)cc4)CC3=O)Nc3ccccc3N2C(=O)CCC(=O)O)c1. The van der Waals surface area contributed by atoms with Crippen molar-refractivity contribution in [2.24, 2.45) is 0 Å². The van der Waals surface area contributed by atoms with E-state index >= 15 is 0 Å². The van der Waals surface area contributed by atoms with Crippen LogP contribution in [0.4, 0.5) is 15.8 Å². The number of ketones is 1. The molecule has 38 heavy (non-hydrogen) atoms. The maximum absolute atomic E-state index is 13.9. The van der Waals surface area contributed by atoms with Crippen molar-refractivity contribution < 1.29 is 28.6 Å². The van der Waals surface area contributed by atoms with Gasteiger partial charge in [0.2, 0.25) is 5.91 Å². The number of hydrogen-bond acceptors (Lipinski definition) is 5. The molecule has 0 saturated heterocycles. The van der Waals surface area contributed by atoms with Crippen LogP contribution in [0.2, 0.25) is 0 Å². The number of carbonyl (C=O) groups is 3. The van der Waals surface area contributed by atoms with Crippen LogP contribution in [0.3, 0.4) is 0 Å². The van der Waals surface area contributed by atoms with E-state index < -0.39 is 17.9 Å². The highest BCUT2D eigenvalue weighted by Crippen LogP contribution is 2.48. The van der Waals surface area contributed by atoms with E-state index in [1.54, 1.807) is 54.5 Å². The van der Waals surface area contributed by atoms with Gasteiger partial charge in [-0.2, -0.15) is 0 Å². The zero-order valence-corrected chi connectivity index (χ0v) is 20.8. The monoisotopic (exact) mass is 514 g/mol. The van der Waals surface area contributed by atoms with Crippen LogP contribution in [0.25, 0.3) is 0 Å². The van der Waals surface area contributed by atoms with Crippen LogP contribution >= 0.6 is 0 Å². The Morgan fingerprint density at radius 3 is 2.50 bits per heavy atom. The van der Waals surface area contributed by atoms with E-state index in [1.807, 2.05) is 18.2 Å². The zero-order valence-electron chi connectivity index (χ0n) is 20.8. The van der Waals surface area contributed by atoms with E-state index in [9.17, 15) is 23.9 Å². The summed E-state index contributed by atoms with van der Waals surface area (Å²) in [7, 11) is 1.54. The number of aliphatic carboxylic acids is 1. The molecule has 0 saturated carbocycles. The molecule has 0 radical (unpaired) electrons. The first-order valence-electron chi connectivity index (χ1n) is 12.4. The standard InChI is InChI=1S/C30H27FN2O5/c1-38-22-6-4-5-19(15-22)30-29-24(16-20(17-26(29)34)18-9-11-21(31)12-10-18)32-23-7-2-3-8-25(23)33(30)27(35)13-14-28(36)37/h2-12,15,20,30,32H,13-14,16-17H2,1H3,(H,36,37)/t20-,30-/m0/s1. The number of nitrogens with one attached hydrogen (secondary N) is 1. The Kier molecular flexibility index (Phi) is 6.96. The Balaban J connectivity index is 1.68. The first kappa shape index (κ1) is 25.2. The van der Waals surface area contributed by atoms with Crippen LogP contribution in [0.5, 0.6) is 5.75 Å². The van der Waals surface area contributed by atoms with Crippen molar-refractivity contribution in [3.05, 3.63) is 101 Å². The van der Waals surface area contributed by atoms with Crippen molar-refractivity contribution in [1.82, 2.24) is 0 Å². The number of halogens is 1. The molecule has 0 fully saturated rings. The summed E-state index contributed by atoms with van der Waals surface area (Å²) in [5.41, 5.74) is 3.87. The minimum absolute atomic E-state index is 0.135. The van der Waals surface area contributed by atoms with Crippen LogP contribution in [-0.2, 0) is 14.4 Å². The Morgan fingerprint density at radius 1 is 1.00 bits per heavy atom. The third kappa shape index (κ3) is 4.89. The lowest BCUT2D eigenvalue weighted by molar-refractivity contribution is -0.138. The van der Waals surface area contributed by atoms with Gasteiger partial charge in [-0.1, -0.05) is 36.4 Å². The molecule has 5 rings (SSSR count). The van der Waals surface area contributed by atoms with Gasteiger partial charge in [0.1, 0.15) is 11.6 Å². The third-order valence-corrected chi connectivity index (χ3v) is 7.06. The largest absolute Gasteiger partial charge is 0.497 e. The number of amides is 1. The number of methoxy groups -OCH3 is 1. The summed E-state index contributed by atoms with van der Waals surface area (Å²) in [6, 6.07) is 19.8. The first-order valence-corrected chi connectivity index (χ1v) is 12.4. The molecule has 0 unspecified atom stereocenters. The lowest BCUT2D eigenvalue weighted by Crippen LogP contribution is -2.38. The quantitative estimate of drug-likeness (QED) is 0.445. The van der Waals surface area contributed by atoms with Crippen molar-refractivity contribution in [2.75, 3.05) is 17.3 Å². The van der Waals surface area contributed by atoms with Crippen LogP contribution in [0.15, 0.2) is 84.1 Å². The van der Waals surface area contributed by atoms with E-state index in [4.69, 9.17) is 4.74 Å². The molecule has 0 spiro atoms. The highest BCUT2D eigenvalue weighted by atomic mass is 19.1. The summed E-state index contributed by atoms with van der Waals surface area (Å²) in [5.74, 6) is -1.55. The fourth-order valence-corrected chi connectivity index (χ4v) is 5.30. The molecule has 194 valence electrons. The van der Waals surface area contributed by atoms with Crippen molar-refractivity contribution in [2.45, 2.75) is 37.6 Å². The van der Waals surface area contributed by atoms with E-state index in [0.29, 0.717) is 40.4 Å². The van der Waals surface area contributed by atoms with Crippen LogP contribution < -0.4 is 15.0 Å². The zero-order chi connectivity index (χ0) is 26.8. The van der Waals surface area contributed by atoms with Crippen molar-refractivity contribution in [3.8, 4) is 5.75 Å². The Labute approximate surface area is 219 Å². The molecule has 1 amide bonds. The van der Waals surface area contributed by atoms with Crippen LogP contribution in [0.1, 0.15) is 48.8 Å². The fraction of sp³-hybridized carbons (Fsp3) is 0.233. The summed E-state index contributed by atoms with van der Waals surface area (Å²) in [6.45, 7) is 0. The number of para-hydroxylation sites is 2. The minimum atomic E-state index is -1.08. The van der Waals surface area contributed by atoms with Gasteiger partial charge in [-0.25, -0.2) is 4.39 Å². The number of Topliss-reactive ketones (excluding diaryl/α,β-unsaturated/α-hetero) is 1. The van der Waals surface area contributed by atoms with Crippen molar-refractivity contribution in [3.63, 3.8) is 0 Å². The van der Waals surface area contributed by atoms with E-state index in [1.165, 1.54) is 12.1 Å². The second kappa shape index (κ2) is 10.5. The maximum atomic E-state index is 13.9. The average molecular weight is 515 g/mol. The van der Waals surface area contributed by atoms with Gasteiger partial charge >= 0.3 is 5.97 Å². The number of anilines is 2. The molecule has 1 aliphatic carbocycles. The van der Waals surface area contributed by atoms with Crippen molar-refractivity contribution >= 4 is 29.0 Å². The number of carboxylic acid groups (broad SMARTS) is 1. The molecule has 3 aromatic rings. The van der Waals surface area contributed by atoms with Gasteiger partial charge in [0, 0.05) is 24.1 Å². The molecule has 2 aliphatic rings. The number of allylic oxidation sites excluding steroid dienone is 1. The molecule has 7 nitrogen and oxygen atoms in total. The highest BCUT2D eigenvalue weighted by Gasteiger charge is 2.41. The maximum Gasteiger partial charge on any atom is 0.303 e. The number of hydrogen-bond donors (Lipinski definition) is 2. The summed E-state index contributed by atoms with van der Waals surface area (Å²) in [4.78, 5) is 40.5. The first-order chi connectivity index (χ1) is 18.4. The smallest absolute Gasteiger partial charge is 0.303 e. The Bertz CT molecular complexity index is 1430. The molecular weight excluding hydrogens is 487 g/mol. The van der Waals surface area contributed by atoms with Gasteiger partial charge < -0.3 is 15.2 Å².